The Bertz CT molecular complexity index is 881. The van der Waals surface area contributed by atoms with Crippen molar-refractivity contribution in [3.05, 3.63) is 62.0 Å². The maximum atomic E-state index is 13.1. The third-order valence-corrected chi connectivity index (χ3v) is 3.97. The first-order valence-corrected chi connectivity index (χ1v) is 6.75. The monoisotopic (exact) mass is 303 g/mol. The number of hydrogen-bond acceptors (Lipinski definition) is 3. The lowest BCUT2D eigenvalue weighted by Crippen LogP contribution is -2.44. The molecule has 1 aromatic carbocycles. The van der Waals surface area contributed by atoms with Crippen LogP contribution in [-0.4, -0.2) is 15.0 Å². The van der Waals surface area contributed by atoms with Crippen molar-refractivity contribution in [1.82, 2.24) is 9.13 Å². The van der Waals surface area contributed by atoms with Crippen molar-refractivity contribution in [1.29, 1.82) is 0 Å². The average molecular weight is 303 g/mol. The van der Waals surface area contributed by atoms with E-state index in [1.165, 1.54) is 30.8 Å². The number of halogens is 1. The van der Waals surface area contributed by atoms with Crippen LogP contribution in [0.15, 0.2) is 33.9 Å². The smallest absolute Gasteiger partial charge is 0.312 e. The highest BCUT2D eigenvalue weighted by atomic mass is 19.1. The predicted octanol–water partition coefficient (Wildman–Crippen LogP) is 0.697. The van der Waals surface area contributed by atoms with Crippen molar-refractivity contribution in [3.8, 4) is 0 Å². The first-order valence-electron chi connectivity index (χ1n) is 6.75. The van der Waals surface area contributed by atoms with Crippen molar-refractivity contribution in [2.75, 3.05) is 5.32 Å². The number of benzene rings is 1. The van der Waals surface area contributed by atoms with E-state index in [2.05, 4.69) is 5.32 Å². The van der Waals surface area contributed by atoms with E-state index in [1.54, 1.807) is 12.1 Å². The van der Waals surface area contributed by atoms with Crippen LogP contribution in [-0.2, 0) is 18.9 Å². The minimum absolute atomic E-state index is 0.0755. The summed E-state index contributed by atoms with van der Waals surface area (Å²) in [6.45, 7) is 0. The Morgan fingerprint density at radius 1 is 1.09 bits per heavy atom. The lowest BCUT2D eigenvalue weighted by molar-refractivity contribution is -0.116. The van der Waals surface area contributed by atoms with Gasteiger partial charge in [-0.15, -0.1) is 0 Å². The molecule has 0 fully saturated rings. The zero-order valence-electron chi connectivity index (χ0n) is 12.1. The molecule has 0 saturated carbocycles. The number of aromatic nitrogens is 2. The van der Waals surface area contributed by atoms with Crippen LogP contribution < -0.4 is 16.6 Å². The molecule has 1 N–H and O–H groups in total. The van der Waals surface area contributed by atoms with Gasteiger partial charge >= 0.3 is 5.69 Å². The normalized spacial score (nSPS) is 17.0. The molecule has 114 valence electrons. The van der Waals surface area contributed by atoms with Gasteiger partial charge in [0.1, 0.15) is 11.6 Å². The van der Waals surface area contributed by atoms with Gasteiger partial charge in [-0.05, 0) is 17.7 Å². The van der Waals surface area contributed by atoms with E-state index in [0.29, 0.717) is 11.1 Å². The molecular weight excluding hydrogens is 289 g/mol. The van der Waals surface area contributed by atoms with Crippen LogP contribution in [0.2, 0.25) is 0 Å². The zero-order valence-corrected chi connectivity index (χ0v) is 12.1. The standard InChI is InChI=1S/C15H14FN3O3/c1-18-13-12(14(21)19(2)15(18)22)10(7-11(20)17-13)8-3-5-9(16)6-4-8/h3-6,10H,7H2,1-2H3,(H,17,20)/t10-/m0/s1. The molecule has 1 atom stereocenters. The van der Waals surface area contributed by atoms with Crippen molar-refractivity contribution in [2.45, 2.75) is 12.3 Å². The number of amides is 1. The number of carbonyl (C=O) groups excluding carboxylic acids is 1. The number of carbonyl (C=O) groups is 1. The molecule has 1 amide bonds. The van der Waals surface area contributed by atoms with Crippen LogP contribution >= 0.6 is 0 Å². The summed E-state index contributed by atoms with van der Waals surface area (Å²) < 4.78 is 15.3. The van der Waals surface area contributed by atoms with Crippen LogP contribution in [0, 0.1) is 5.82 Å². The highest BCUT2D eigenvalue weighted by Crippen LogP contribution is 2.33. The lowest BCUT2D eigenvalue weighted by atomic mass is 9.86. The Morgan fingerprint density at radius 2 is 1.73 bits per heavy atom. The topological polar surface area (TPSA) is 73.1 Å². The molecule has 3 rings (SSSR count). The lowest BCUT2D eigenvalue weighted by Gasteiger charge is -2.27. The molecule has 7 heteroatoms. The molecular formula is C15H14FN3O3. The summed E-state index contributed by atoms with van der Waals surface area (Å²) in [4.78, 5) is 36.4. The Labute approximate surface area is 124 Å². The summed E-state index contributed by atoms with van der Waals surface area (Å²) in [5, 5.41) is 2.58. The summed E-state index contributed by atoms with van der Waals surface area (Å²) in [5.41, 5.74) is 0.0419. The third-order valence-electron chi connectivity index (χ3n) is 3.97. The fourth-order valence-electron chi connectivity index (χ4n) is 2.79. The van der Waals surface area contributed by atoms with Crippen molar-refractivity contribution in [2.24, 2.45) is 14.1 Å². The molecule has 0 radical (unpaired) electrons. The van der Waals surface area contributed by atoms with E-state index in [9.17, 15) is 18.8 Å². The van der Waals surface area contributed by atoms with Crippen molar-refractivity contribution < 1.29 is 9.18 Å². The fourth-order valence-corrected chi connectivity index (χ4v) is 2.79. The van der Waals surface area contributed by atoms with Gasteiger partial charge in [0.15, 0.2) is 0 Å². The third kappa shape index (κ3) is 2.05. The van der Waals surface area contributed by atoms with Gasteiger partial charge in [-0.3, -0.25) is 18.7 Å². The molecule has 0 saturated heterocycles. The van der Waals surface area contributed by atoms with Crippen LogP contribution in [0.4, 0.5) is 10.2 Å². The van der Waals surface area contributed by atoms with E-state index >= 15 is 0 Å². The fraction of sp³-hybridized carbons (Fsp3) is 0.267. The Morgan fingerprint density at radius 3 is 2.36 bits per heavy atom. The maximum Gasteiger partial charge on any atom is 0.332 e. The molecule has 2 heterocycles. The number of nitrogens with zero attached hydrogens (tertiary/aromatic N) is 2. The largest absolute Gasteiger partial charge is 0.332 e. The second-order valence-corrected chi connectivity index (χ2v) is 5.32. The van der Waals surface area contributed by atoms with E-state index in [0.717, 1.165) is 4.57 Å². The molecule has 1 aromatic heterocycles. The molecule has 6 nitrogen and oxygen atoms in total. The SMILES string of the molecule is Cn1c2c(c(=O)n(C)c1=O)[C@H](c1ccc(F)cc1)CC(=O)N2. The van der Waals surface area contributed by atoms with E-state index < -0.39 is 23.0 Å². The van der Waals surface area contributed by atoms with Crippen LogP contribution in [0.25, 0.3) is 0 Å². The van der Waals surface area contributed by atoms with Gasteiger partial charge in [0.25, 0.3) is 5.56 Å². The molecule has 0 bridgehead atoms. The molecule has 1 aliphatic heterocycles. The van der Waals surface area contributed by atoms with Gasteiger partial charge in [0, 0.05) is 26.4 Å². The first-order chi connectivity index (χ1) is 10.4. The van der Waals surface area contributed by atoms with Crippen molar-refractivity contribution >= 4 is 11.7 Å². The van der Waals surface area contributed by atoms with Gasteiger partial charge in [-0.25, -0.2) is 9.18 Å². The summed E-state index contributed by atoms with van der Waals surface area (Å²) in [5.74, 6) is -0.976. The minimum Gasteiger partial charge on any atom is -0.312 e. The summed E-state index contributed by atoms with van der Waals surface area (Å²) in [6, 6.07) is 5.67. The van der Waals surface area contributed by atoms with E-state index in [1.807, 2.05) is 0 Å². The number of nitrogens with one attached hydrogen (secondary N) is 1. The average Bonchev–Trinajstić information content (AvgIpc) is 2.50. The minimum atomic E-state index is -0.510. The van der Waals surface area contributed by atoms with Gasteiger partial charge in [0.2, 0.25) is 5.91 Å². The summed E-state index contributed by atoms with van der Waals surface area (Å²) in [7, 11) is 2.89. The number of anilines is 1. The van der Waals surface area contributed by atoms with E-state index in [4.69, 9.17) is 0 Å². The zero-order chi connectivity index (χ0) is 16.0. The van der Waals surface area contributed by atoms with Crippen LogP contribution in [0.3, 0.4) is 0 Å². The van der Waals surface area contributed by atoms with Crippen LogP contribution in [0.1, 0.15) is 23.5 Å². The highest BCUT2D eigenvalue weighted by molar-refractivity contribution is 5.94. The Kier molecular flexibility index (Phi) is 3.20. The second kappa shape index (κ2) is 4.94. The second-order valence-electron chi connectivity index (χ2n) is 5.32. The summed E-state index contributed by atoms with van der Waals surface area (Å²) in [6.07, 6.45) is 0.0755. The quantitative estimate of drug-likeness (QED) is 0.842. The van der Waals surface area contributed by atoms with Gasteiger partial charge < -0.3 is 5.32 Å². The van der Waals surface area contributed by atoms with Crippen LogP contribution in [0.5, 0.6) is 0 Å². The highest BCUT2D eigenvalue weighted by Gasteiger charge is 2.32. The van der Waals surface area contributed by atoms with Crippen molar-refractivity contribution in [3.63, 3.8) is 0 Å². The van der Waals surface area contributed by atoms with E-state index in [-0.39, 0.29) is 18.1 Å². The van der Waals surface area contributed by atoms with Gasteiger partial charge in [0.05, 0.1) is 5.56 Å². The molecule has 2 aromatic rings. The molecule has 22 heavy (non-hydrogen) atoms. The molecule has 0 aliphatic carbocycles. The first kappa shape index (κ1) is 14.2. The molecule has 1 aliphatic rings. The number of rotatable bonds is 1. The number of fused-ring (bicyclic) bond motifs is 1. The number of hydrogen-bond donors (Lipinski definition) is 1. The Balaban J connectivity index is 2.30. The van der Waals surface area contributed by atoms with Gasteiger partial charge in [-0.2, -0.15) is 0 Å². The predicted molar refractivity (Wildman–Crippen MR) is 78.4 cm³/mol. The maximum absolute atomic E-state index is 13.1. The van der Waals surface area contributed by atoms with Gasteiger partial charge in [-0.1, -0.05) is 12.1 Å². The summed E-state index contributed by atoms with van der Waals surface area (Å²) >= 11 is 0. The molecule has 0 spiro atoms. The molecule has 0 unspecified atom stereocenters. The Hall–Kier alpha value is -2.70.